The van der Waals surface area contributed by atoms with Crippen LogP contribution in [0.4, 0.5) is 14.5 Å². The van der Waals surface area contributed by atoms with Crippen LogP contribution in [0.25, 0.3) is 0 Å². The summed E-state index contributed by atoms with van der Waals surface area (Å²) in [6, 6.07) is 14.9. The van der Waals surface area contributed by atoms with E-state index in [2.05, 4.69) is 11.9 Å². The van der Waals surface area contributed by atoms with Crippen molar-refractivity contribution in [1.82, 2.24) is 4.90 Å². The van der Waals surface area contributed by atoms with Gasteiger partial charge in [-0.2, -0.15) is 0 Å². The van der Waals surface area contributed by atoms with Crippen molar-refractivity contribution in [3.8, 4) is 0 Å². The molecule has 6 aliphatic rings. The van der Waals surface area contributed by atoms with Crippen LogP contribution in [0, 0.1) is 22.7 Å². The second-order valence-electron chi connectivity index (χ2n) is 16.9. The summed E-state index contributed by atoms with van der Waals surface area (Å²) in [6.07, 6.45) is 4.66. The number of imide groups is 1. The number of Topliss-reactive ketones (excluding diaryl/α,β-unsaturated/α-hetero) is 1. The summed E-state index contributed by atoms with van der Waals surface area (Å²) in [7, 11) is 0. The first kappa shape index (κ1) is 40.5. The molecule has 3 N–H and O–H groups in total. The molecule has 10 atom stereocenters. The van der Waals surface area contributed by atoms with E-state index in [9.17, 15) is 29.4 Å². The highest BCUT2D eigenvalue weighted by Crippen LogP contribution is 2.72. The summed E-state index contributed by atoms with van der Waals surface area (Å²) in [5.74, 6) is -2.88. The first-order valence-electron chi connectivity index (χ1n) is 19.9. The Labute approximate surface area is 340 Å². The van der Waals surface area contributed by atoms with E-state index in [1.807, 2.05) is 48.5 Å². The maximum absolute atomic E-state index is 17.8. The number of allylic oxidation sites excluding steroid dienone is 5. The van der Waals surface area contributed by atoms with Crippen LogP contribution in [0.2, 0.25) is 0 Å². The number of alkyl halides is 2. The van der Waals surface area contributed by atoms with Gasteiger partial charge in [0.05, 0.1) is 12.2 Å². The number of unbranched alkanes of at least 4 members (excludes halogenated alkanes) is 2. The van der Waals surface area contributed by atoms with Gasteiger partial charge < -0.3 is 25.0 Å². The molecule has 2 aromatic rings. The van der Waals surface area contributed by atoms with Crippen LogP contribution in [-0.4, -0.2) is 81.4 Å². The van der Waals surface area contributed by atoms with E-state index in [0.29, 0.717) is 49.1 Å². The highest BCUT2D eigenvalue weighted by Gasteiger charge is 2.80. The SMILES string of the molecule is C=C1C=C[C@@]2(C)C(=C1)[C@@H](F)C[C@H]1[C@@H]3C[C@H]4O[C@@H](c5ccc(Sc6cccc(NC(=O)CCCCCN7C(=O)C=CC7=O)c6)cc5)O[C@@]4(C(=O)CO)[C@@]3(C)C[C@H](O)[C@@]12F. The Hall–Kier alpha value is -4.27. The predicted molar refractivity (Wildman–Crippen MR) is 212 cm³/mol. The minimum Gasteiger partial charge on any atom is -0.390 e. The Morgan fingerprint density at radius 1 is 1.00 bits per heavy atom. The van der Waals surface area contributed by atoms with E-state index in [0.717, 1.165) is 9.79 Å². The van der Waals surface area contributed by atoms with Crippen LogP contribution in [0.1, 0.15) is 70.6 Å². The summed E-state index contributed by atoms with van der Waals surface area (Å²) in [5.41, 5.74) is -4.38. The number of carbonyl (C=O) groups excluding carboxylic acids is 4. The number of ketones is 1. The lowest BCUT2D eigenvalue weighted by Gasteiger charge is -2.63. The molecule has 58 heavy (non-hydrogen) atoms. The summed E-state index contributed by atoms with van der Waals surface area (Å²) in [4.78, 5) is 52.9. The van der Waals surface area contributed by atoms with Crippen LogP contribution >= 0.6 is 11.8 Å². The zero-order valence-electron chi connectivity index (χ0n) is 32.5. The number of amides is 3. The zero-order chi connectivity index (χ0) is 41.2. The van der Waals surface area contributed by atoms with Crippen molar-refractivity contribution < 1.29 is 47.6 Å². The Bertz CT molecular complexity index is 2120. The van der Waals surface area contributed by atoms with Crippen molar-refractivity contribution >= 4 is 41.0 Å². The Morgan fingerprint density at radius 3 is 2.47 bits per heavy atom. The molecule has 2 aromatic carbocycles. The molecule has 0 bridgehead atoms. The number of hydrogen-bond acceptors (Lipinski definition) is 9. The summed E-state index contributed by atoms with van der Waals surface area (Å²) >= 11 is 1.48. The van der Waals surface area contributed by atoms with E-state index < -0.39 is 71.0 Å². The van der Waals surface area contributed by atoms with Crippen molar-refractivity contribution in [1.29, 1.82) is 0 Å². The average Bonchev–Trinajstić information content (AvgIpc) is 3.82. The van der Waals surface area contributed by atoms with Gasteiger partial charge in [0.25, 0.3) is 11.8 Å². The summed E-state index contributed by atoms with van der Waals surface area (Å²) < 4.78 is 46.9. The minimum absolute atomic E-state index is 0.133. The van der Waals surface area contributed by atoms with E-state index in [1.165, 1.54) is 28.8 Å². The standard InChI is InChI=1S/C45H48F2N2O8S/c1-26-17-18-42(2)33(20-26)34(46)22-32-31-23-37-45(36(52)25-50,43(31,3)24-35(51)44(32,42)47)57-41(56-37)27-11-13-29(14-12-27)58-30-9-7-8-28(21-30)48-38(53)10-5-4-6-19-49-39(54)15-16-40(49)55/h7-9,11-18,20-21,31-32,34-35,37,41,50-51H,1,4-6,10,19,22-25H2,2-3H3,(H,48,53)/t31-,32-,34-,35-,37+,41+,42-,43-,44-,45+/m0/s1. The van der Waals surface area contributed by atoms with Crippen LogP contribution < -0.4 is 5.32 Å². The van der Waals surface area contributed by atoms with Gasteiger partial charge in [-0.25, -0.2) is 8.78 Å². The molecule has 3 saturated carbocycles. The number of nitrogens with zero attached hydrogens (tertiary/aromatic N) is 1. The van der Waals surface area contributed by atoms with Gasteiger partial charge in [0.1, 0.15) is 12.8 Å². The molecule has 0 aromatic heterocycles. The molecule has 10 nitrogen and oxygen atoms in total. The molecule has 2 heterocycles. The van der Waals surface area contributed by atoms with Crippen LogP contribution in [0.15, 0.2) is 106 Å². The van der Waals surface area contributed by atoms with Gasteiger partial charge >= 0.3 is 0 Å². The largest absolute Gasteiger partial charge is 0.390 e. The number of nitrogens with one attached hydrogen (secondary N) is 1. The minimum atomic E-state index is -2.22. The van der Waals surface area contributed by atoms with Crippen LogP contribution in [0.5, 0.6) is 0 Å². The van der Waals surface area contributed by atoms with Crippen molar-refractivity contribution in [3.63, 3.8) is 0 Å². The molecule has 4 aliphatic carbocycles. The fourth-order valence-corrected chi connectivity index (χ4v) is 11.7. The maximum Gasteiger partial charge on any atom is 0.253 e. The smallest absolute Gasteiger partial charge is 0.253 e. The number of carbonyl (C=O) groups is 4. The molecule has 306 valence electrons. The molecule has 3 amide bonds. The third-order valence-electron chi connectivity index (χ3n) is 13.7. The van der Waals surface area contributed by atoms with Gasteiger partial charge in [-0.15, -0.1) is 0 Å². The van der Waals surface area contributed by atoms with Gasteiger partial charge in [-0.3, -0.25) is 24.1 Å². The summed E-state index contributed by atoms with van der Waals surface area (Å²) in [6.45, 7) is 6.83. The van der Waals surface area contributed by atoms with Gasteiger partial charge in [-0.1, -0.05) is 68.1 Å². The van der Waals surface area contributed by atoms with Gasteiger partial charge in [0.2, 0.25) is 5.91 Å². The predicted octanol–water partition coefficient (Wildman–Crippen LogP) is 6.89. The molecule has 0 spiro atoms. The lowest BCUT2D eigenvalue weighted by molar-refractivity contribution is -0.235. The molecule has 0 unspecified atom stereocenters. The third kappa shape index (κ3) is 6.36. The number of benzene rings is 2. The molecular formula is C45H48F2N2O8S. The molecule has 13 heteroatoms. The molecule has 4 fully saturated rings. The molecule has 8 rings (SSSR count). The van der Waals surface area contributed by atoms with E-state index >= 15 is 8.78 Å². The third-order valence-corrected chi connectivity index (χ3v) is 14.7. The van der Waals surface area contributed by atoms with E-state index in [-0.39, 0.29) is 42.6 Å². The number of ether oxygens (including phenoxy) is 2. The van der Waals surface area contributed by atoms with Crippen molar-refractivity contribution in [2.24, 2.45) is 22.7 Å². The van der Waals surface area contributed by atoms with Gasteiger partial charge in [0, 0.05) is 62.9 Å². The lowest BCUT2D eigenvalue weighted by atomic mass is 9.44. The first-order chi connectivity index (χ1) is 27.6. The van der Waals surface area contributed by atoms with Crippen molar-refractivity contribution in [2.75, 3.05) is 18.5 Å². The van der Waals surface area contributed by atoms with E-state index in [1.54, 1.807) is 32.1 Å². The molecule has 1 saturated heterocycles. The number of halogens is 2. The second kappa shape index (κ2) is 15.1. The van der Waals surface area contributed by atoms with Gasteiger partial charge in [0.15, 0.2) is 23.3 Å². The number of anilines is 1. The Balaban J connectivity index is 0.918. The Kier molecular flexibility index (Phi) is 10.5. The quantitative estimate of drug-likeness (QED) is 0.154. The first-order valence-corrected chi connectivity index (χ1v) is 20.8. The molecule has 2 aliphatic heterocycles. The monoisotopic (exact) mass is 814 g/mol. The van der Waals surface area contributed by atoms with Gasteiger partial charge in [-0.05, 0) is 86.4 Å². The van der Waals surface area contributed by atoms with Crippen molar-refractivity contribution in [3.05, 3.63) is 102 Å². The van der Waals surface area contributed by atoms with Crippen LogP contribution in [0.3, 0.4) is 0 Å². The summed E-state index contributed by atoms with van der Waals surface area (Å²) in [5, 5.41) is 25.1. The Morgan fingerprint density at radius 2 is 1.74 bits per heavy atom. The lowest BCUT2D eigenvalue weighted by Crippen LogP contribution is -2.70. The topological polar surface area (TPSA) is 142 Å². The highest BCUT2D eigenvalue weighted by molar-refractivity contribution is 7.99. The average molecular weight is 815 g/mol. The molecule has 0 radical (unpaired) electrons. The fraction of sp³-hybridized carbons (Fsp3) is 0.467. The fourth-order valence-electron chi connectivity index (χ4n) is 10.9. The normalized spacial score (nSPS) is 36.0. The van der Waals surface area contributed by atoms with E-state index in [4.69, 9.17) is 9.47 Å². The number of fused-ring (bicyclic) bond motifs is 7. The van der Waals surface area contributed by atoms with Crippen molar-refractivity contribution in [2.45, 2.75) is 105 Å². The maximum atomic E-state index is 17.8. The number of aliphatic hydroxyl groups is 2. The molecular weight excluding hydrogens is 767 g/mol. The highest BCUT2D eigenvalue weighted by atomic mass is 32.2. The van der Waals surface area contributed by atoms with Crippen LogP contribution in [-0.2, 0) is 28.7 Å². The number of hydrogen-bond donors (Lipinski definition) is 3. The number of rotatable bonds is 12. The number of aliphatic hydroxyl groups excluding tert-OH is 2. The zero-order valence-corrected chi connectivity index (χ0v) is 33.3. The second-order valence-corrected chi connectivity index (χ2v) is 18.0.